The van der Waals surface area contributed by atoms with E-state index < -0.39 is 24.0 Å². The molecule has 0 aromatic heterocycles. The SMILES string of the molecule is C=C1NC(=O)N[C@H](c2ccc(OCc3ccccc3)c(Br)c2)[C@H]1C(=O)OC. The van der Waals surface area contributed by atoms with E-state index in [0.717, 1.165) is 15.6 Å². The third-order valence-corrected chi connectivity index (χ3v) is 4.90. The Morgan fingerprint density at radius 2 is 1.96 bits per heavy atom. The fourth-order valence-corrected chi connectivity index (χ4v) is 3.44. The van der Waals surface area contributed by atoms with Gasteiger partial charge in [0.1, 0.15) is 18.3 Å². The maximum Gasteiger partial charge on any atom is 0.319 e. The topological polar surface area (TPSA) is 76.7 Å². The molecule has 0 spiro atoms. The summed E-state index contributed by atoms with van der Waals surface area (Å²) >= 11 is 3.50. The first-order valence-corrected chi connectivity index (χ1v) is 9.09. The number of halogens is 1. The number of urea groups is 1. The van der Waals surface area contributed by atoms with Gasteiger partial charge in [-0.15, -0.1) is 0 Å². The van der Waals surface area contributed by atoms with Crippen LogP contribution in [-0.4, -0.2) is 19.1 Å². The molecule has 2 N–H and O–H groups in total. The second kappa shape index (κ2) is 8.26. The van der Waals surface area contributed by atoms with Crippen LogP contribution in [0.25, 0.3) is 0 Å². The molecule has 1 heterocycles. The lowest BCUT2D eigenvalue weighted by Crippen LogP contribution is -2.51. The number of hydrogen-bond acceptors (Lipinski definition) is 4. The van der Waals surface area contributed by atoms with Crippen LogP contribution in [0.3, 0.4) is 0 Å². The second-order valence-corrected chi connectivity index (χ2v) is 6.92. The Bertz CT molecular complexity index is 870. The summed E-state index contributed by atoms with van der Waals surface area (Å²) in [6, 6.07) is 14.3. The van der Waals surface area contributed by atoms with E-state index in [0.29, 0.717) is 18.1 Å². The van der Waals surface area contributed by atoms with Gasteiger partial charge in [-0.2, -0.15) is 0 Å². The van der Waals surface area contributed by atoms with Crippen molar-refractivity contribution >= 4 is 27.9 Å². The fourth-order valence-electron chi connectivity index (χ4n) is 2.93. The molecular weight excluding hydrogens is 412 g/mol. The number of nitrogens with one attached hydrogen (secondary N) is 2. The van der Waals surface area contributed by atoms with E-state index >= 15 is 0 Å². The van der Waals surface area contributed by atoms with Crippen molar-refractivity contribution in [2.24, 2.45) is 5.92 Å². The summed E-state index contributed by atoms with van der Waals surface area (Å²) in [6.07, 6.45) is 0. The van der Waals surface area contributed by atoms with E-state index in [2.05, 4.69) is 33.1 Å². The van der Waals surface area contributed by atoms with Crippen LogP contribution >= 0.6 is 15.9 Å². The largest absolute Gasteiger partial charge is 0.488 e. The highest BCUT2D eigenvalue weighted by Crippen LogP contribution is 2.35. The van der Waals surface area contributed by atoms with Crippen LogP contribution in [0.15, 0.2) is 65.3 Å². The molecular formula is C20H19BrN2O4. The van der Waals surface area contributed by atoms with Gasteiger partial charge in [0.15, 0.2) is 0 Å². The van der Waals surface area contributed by atoms with Gasteiger partial charge in [-0.1, -0.05) is 43.0 Å². The third-order valence-electron chi connectivity index (χ3n) is 4.28. The number of ether oxygens (including phenoxy) is 2. The number of amides is 2. The zero-order valence-corrected chi connectivity index (χ0v) is 16.3. The Hall–Kier alpha value is -2.80. The van der Waals surface area contributed by atoms with Crippen molar-refractivity contribution in [3.8, 4) is 5.75 Å². The first-order valence-electron chi connectivity index (χ1n) is 8.30. The summed E-state index contributed by atoms with van der Waals surface area (Å²) < 4.78 is 11.4. The van der Waals surface area contributed by atoms with Crippen molar-refractivity contribution in [2.45, 2.75) is 12.6 Å². The molecule has 7 heteroatoms. The summed E-state index contributed by atoms with van der Waals surface area (Å²) in [4.78, 5) is 24.0. The van der Waals surface area contributed by atoms with Crippen LogP contribution in [0.1, 0.15) is 17.2 Å². The van der Waals surface area contributed by atoms with E-state index in [-0.39, 0.29) is 0 Å². The van der Waals surface area contributed by atoms with Crippen molar-refractivity contribution in [3.63, 3.8) is 0 Å². The molecule has 6 nitrogen and oxygen atoms in total. The molecule has 1 fully saturated rings. The van der Waals surface area contributed by atoms with Crippen molar-refractivity contribution in [1.29, 1.82) is 0 Å². The minimum Gasteiger partial charge on any atom is -0.488 e. The van der Waals surface area contributed by atoms with Gasteiger partial charge in [0.2, 0.25) is 0 Å². The summed E-state index contributed by atoms with van der Waals surface area (Å²) in [5.74, 6) is -0.537. The Balaban J connectivity index is 1.81. The molecule has 2 aromatic rings. The number of esters is 1. The van der Waals surface area contributed by atoms with Gasteiger partial charge in [-0.3, -0.25) is 4.79 Å². The maximum absolute atomic E-state index is 12.2. The van der Waals surface area contributed by atoms with Gasteiger partial charge >= 0.3 is 12.0 Å². The number of rotatable bonds is 5. The molecule has 2 aromatic carbocycles. The van der Waals surface area contributed by atoms with Gasteiger partial charge in [-0.25, -0.2) is 4.79 Å². The van der Waals surface area contributed by atoms with Gasteiger partial charge in [0, 0.05) is 5.70 Å². The van der Waals surface area contributed by atoms with E-state index in [1.165, 1.54) is 7.11 Å². The molecule has 3 rings (SSSR count). The molecule has 0 unspecified atom stereocenters. The van der Waals surface area contributed by atoms with Gasteiger partial charge in [-0.05, 0) is 39.2 Å². The summed E-state index contributed by atoms with van der Waals surface area (Å²) in [5.41, 5.74) is 2.10. The third kappa shape index (κ3) is 4.31. The number of carbonyl (C=O) groups is 2. The molecule has 0 bridgehead atoms. The van der Waals surface area contributed by atoms with E-state index in [4.69, 9.17) is 9.47 Å². The smallest absolute Gasteiger partial charge is 0.319 e. The molecule has 140 valence electrons. The minimum atomic E-state index is -0.726. The zero-order chi connectivity index (χ0) is 19.4. The summed E-state index contributed by atoms with van der Waals surface area (Å²) in [6.45, 7) is 4.22. The van der Waals surface area contributed by atoms with Crippen molar-refractivity contribution in [2.75, 3.05) is 7.11 Å². The maximum atomic E-state index is 12.2. The molecule has 27 heavy (non-hydrogen) atoms. The first-order chi connectivity index (χ1) is 13.0. The quantitative estimate of drug-likeness (QED) is 0.709. The predicted molar refractivity (Wildman–Crippen MR) is 104 cm³/mol. The lowest BCUT2D eigenvalue weighted by Gasteiger charge is -2.33. The molecule has 1 aliphatic rings. The Labute approximate surface area is 165 Å². The fraction of sp³-hybridized carbons (Fsp3) is 0.200. The van der Waals surface area contributed by atoms with Gasteiger partial charge in [0.05, 0.1) is 17.6 Å². The highest BCUT2D eigenvalue weighted by molar-refractivity contribution is 9.10. The van der Waals surface area contributed by atoms with Crippen LogP contribution < -0.4 is 15.4 Å². The molecule has 2 amide bonds. The molecule has 2 atom stereocenters. The summed E-state index contributed by atoms with van der Waals surface area (Å²) in [5, 5.41) is 5.29. The van der Waals surface area contributed by atoms with E-state index in [1.54, 1.807) is 6.07 Å². The molecule has 0 aliphatic carbocycles. The van der Waals surface area contributed by atoms with Crippen LogP contribution in [0.2, 0.25) is 0 Å². The standard InChI is InChI=1S/C20H19BrN2O4/c1-12-17(19(24)26-2)18(23-20(25)22-12)14-8-9-16(15(21)10-14)27-11-13-6-4-3-5-7-13/h3-10,17-18H,1,11H2,2H3,(H2,22,23,25)/t17-,18+/m0/s1. The first kappa shape index (κ1) is 19.0. The number of methoxy groups -OCH3 is 1. The van der Waals surface area contributed by atoms with Crippen molar-refractivity contribution in [1.82, 2.24) is 10.6 Å². The number of carbonyl (C=O) groups excluding carboxylic acids is 2. The molecule has 1 saturated heterocycles. The highest BCUT2D eigenvalue weighted by Gasteiger charge is 2.38. The van der Waals surface area contributed by atoms with Crippen LogP contribution in [0.5, 0.6) is 5.75 Å². The lowest BCUT2D eigenvalue weighted by molar-refractivity contribution is -0.145. The molecule has 0 radical (unpaired) electrons. The number of benzene rings is 2. The highest BCUT2D eigenvalue weighted by atomic mass is 79.9. The van der Waals surface area contributed by atoms with Gasteiger partial charge < -0.3 is 20.1 Å². The second-order valence-electron chi connectivity index (χ2n) is 6.07. The van der Waals surface area contributed by atoms with Crippen LogP contribution in [-0.2, 0) is 16.1 Å². The monoisotopic (exact) mass is 430 g/mol. The van der Waals surface area contributed by atoms with Gasteiger partial charge in [0.25, 0.3) is 0 Å². The Morgan fingerprint density at radius 3 is 2.63 bits per heavy atom. The van der Waals surface area contributed by atoms with E-state index in [9.17, 15) is 9.59 Å². The average Bonchev–Trinajstić information content (AvgIpc) is 2.66. The molecule has 1 aliphatic heterocycles. The Morgan fingerprint density at radius 1 is 1.22 bits per heavy atom. The van der Waals surface area contributed by atoms with Crippen molar-refractivity contribution in [3.05, 3.63) is 76.4 Å². The zero-order valence-electron chi connectivity index (χ0n) is 14.7. The van der Waals surface area contributed by atoms with E-state index in [1.807, 2.05) is 42.5 Å². The number of hydrogen-bond donors (Lipinski definition) is 2. The minimum absolute atomic E-state index is 0.302. The van der Waals surface area contributed by atoms with Crippen LogP contribution in [0.4, 0.5) is 4.79 Å². The lowest BCUT2D eigenvalue weighted by atomic mass is 9.89. The molecule has 0 saturated carbocycles. The normalized spacial score (nSPS) is 19.0. The van der Waals surface area contributed by atoms with Crippen molar-refractivity contribution < 1.29 is 19.1 Å². The Kier molecular flexibility index (Phi) is 5.81. The average molecular weight is 431 g/mol. The predicted octanol–water partition coefficient (Wildman–Crippen LogP) is 3.68. The van der Waals surface area contributed by atoms with Crippen LogP contribution in [0, 0.1) is 5.92 Å². The summed E-state index contributed by atoms with van der Waals surface area (Å²) in [7, 11) is 1.31.